The van der Waals surface area contributed by atoms with Gasteiger partial charge in [-0.25, -0.2) is 0 Å². The van der Waals surface area contributed by atoms with Gasteiger partial charge in [0.2, 0.25) is 5.91 Å². The van der Waals surface area contributed by atoms with E-state index in [1.807, 2.05) is 35.0 Å². The molecule has 1 atom stereocenters. The Morgan fingerprint density at radius 1 is 1.32 bits per heavy atom. The summed E-state index contributed by atoms with van der Waals surface area (Å²) in [6, 6.07) is 5.66. The number of fused-ring (bicyclic) bond motifs is 1. The van der Waals surface area contributed by atoms with Gasteiger partial charge in [0.15, 0.2) is 0 Å². The third-order valence-electron chi connectivity index (χ3n) is 4.93. The van der Waals surface area contributed by atoms with E-state index in [0.717, 1.165) is 10.9 Å². The predicted octanol–water partition coefficient (Wildman–Crippen LogP) is 2.07. The summed E-state index contributed by atoms with van der Waals surface area (Å²) in [6.45, 7) is 9.34. The number of carbonyl (C=O) groups is 2. The van der Waals surface area contributed by atoms with E-state index in [9.17, 15) is 9.59 Å². The van der Waals surface area contributed by atoms with E-state index in [2.05, 4.69) is 25.5 Å². The maximum absolute atomic E-state index is 13.0. The lowest BCUT2D eigenvalue weighted by Crippen LogP contribution is -2.58. The molecule has 132 valence electrons. The average Bonchev–Trinajstić information content (AvgIpc) is 3.00. The van der Waals surface area contributed by atoms with E-state index in [1.165, 1.54) is 6.08 Å². The van der Waals surface area contributed by atoms with E-state index < -0.39 is 0 Å². The normalized spacial score (nSPS) is 18.0. The van der Waals surface area contributed by atoms with Gasteiger partial charge < -0.3 is 9.80 Å². The first-order valence-electron chi connectivity index (χ1n) is 8.56. The van der Waals surface area contributed by atoms with Crippen LogP contribution in [0.25, 0.3) is 10.9 Å². The van der Waals surface area contributed by atoms with Crippen LogP contribution in [0, 0.1) is 5.92 Å². The van der Waals surface area contributed by atoms with Crippen LogP contribution >= 0.6 is 0 Å². The summed E-state index contributed by atoms with van der Waals surface area (Å²) in [5, 5.41) is 5.24. The van der Waals surface area contributed by atoms with Crippen molar-refractivity contribution < 1.29 is 9.59 Å². The zero-order chi connectivity index (χ0) is 18.1. The Balaban J connectivity index is 1.83. The minimum absolute atomic E-state index is 0.000507. The van der Waals surface area contributed by atoms with Gasteiger partial charge in [0.25, 0.3) is 5.91 Å². The molecule has 1 aromatic heterocycles. The maximum Gasteiger partial charge on any atom is 0.254 e. The molecule has 0 saturated carbocycles. The number of rotatable bonds is 3. The predicted molar refractivity (Wildman–Crippen MR) is 97.2 cm³/mol. The summed E-state index contributed by atoms with van der Waals surface area (Å²) < 4.78 is 1.77. The summed E-state index contributed by atoms with van der Waals surface area (Å²) >= 11 is 0. The second kappa shape index (κ2) is 6.70. The molecule has 2 amide bonds. The molecule has 1 aliphatic heterocycles. The standard InChI is InChI=1S/C19H24N4O2/c1-5-18(24)23-9-8-22(12-17(23)13(2)3)19(25)14-6-7-15-11-20-21(4)16(15)10-14/h5-7,10-11,13,17H,1,8-9,12H2,2-4H3/t17-/m1/s1. The number of piperazine rings is 1. The van der Waals surface area contributed by atoms with E-state index in [4.69, 9.17) is 0 Å². The Labute approximate surface area is 147 Å². The lowest BCUT2D eigenvalue weighted by atomic mass is 9.98. The molecule has 0 N–H and O–H groups in total. The molecule has 0 bridgehead atoms. The SMILES string of the molecule is C=CC(=O)N1CCN(C(=O)c2ccc3cnn(C)c3c2)C[C@@H]1C(C)C. The lowest BCUT2D eigenvalue weighted by Gasteiger charge is -2.43. The number of nitrogens with zero attached hydrogens (tertiary/aromatic N) is 4. The average molecular weight is 340 g/mol. The monoisotopic (exact) mass is 340 g/mol. The maximum atomic E-state index is 13.0. The number of hydrogen-bond donors (Lipinski definition) is 0. The van der Waals surface area contributed by atoms with Crippen molar-refractivity contribution >= 4 is 22.7 Å². The van der Waals surface area contributed by atoms with Gasteiger partial charge in [-0.05, 0) is 24.1 Å². The fourth-order valence-corrected chi connectivity index (χ4v) is 3.42. The molecule has 2 heterocycles. The highest BCUT2D eigenvalue weighted by atomic mass is 16.2. The van der Waals surface area contributed by atoms with E-state index in [-0.39, 0.29) is 23.8 Å². The molecule has 1 aliphatic rings. The van der Waals surface area contributed by atoms with Gasteiger partial charge in [-0.15, -0.1) is 0 Å². The highest BCUT2D eigenvalue weighted by molar-refractivity contribution is 5.98. The van der Waals surface area contributed by atoms with Crippen molar-refractivity contribution in [3.8, 4) is 0 Å². The van der Waals surface area contributed by atoms with Crippen molar-refractivity contribution in [1.29, 1.82) is 0 Å². The van der Waals surface area contributed by atoms with Crippen LogP contribution in [0.3, 0.4) is 0 Å². The Morgan fingerprint density at radius 2 is 2.08 bits per heavy atom. The van der Waals surface area contributed by atoms with E-state index in [1.54, 1.807) is 10.9 Å². The van der Waals surface area contributed by atoms with Gasteiger partial charge in [-0.2, -0.15) is 5.10 Å². The second-order valence-electron chi connectivity index (χ2n) is 6.84. The van der Waals surface area contributed by atoms with Gasteiger partial charge >= 0.3 is 0 Å². The molecule has 6 heteroatoms. The molecule has 0 unspecified atom stereocenters. The number of benzene rings is 1. The number of carbonyl (C=O) groups excluding carboxylic acids is 2. The van der Waals surface area contributed by atoms with E-state index in [0.29, 0.717) is 25.2 Å². The topological polar surface area (TPSA) is 58.4 Å². The van der Waals surface area contributed by atoms with Gasteiger partial charge in [-0.3, -0.25) is 14.3 Å². The summed E-state index contributed by atoms with van der Waals surface area (Å²) in [4.78, 5) is 28.7. The molecular formula is C19H24N4O2. The van der Waals surface area contributed by atoms with Crippen LogP contribution in [-0.4, -0.2) is 57.1 Å². The fraction of sp³-hybridized carbons (Fsp3) is 0.421. The summed E-state index contributed by atoms with van der Waals surface area (Å²) in [6.07, 6.45) is 3.14. The molecule has 1 fully saturated rings. The number of aryl methyl sites for hydroxylation is 1. The molecule has 0 spiro atoms. The van der Waals surface area contributed by atoms with Gasteiger partial charge in [0.05, 0.1) is 17.8 Å². The Morgan fingerprint density at radius 3 is 2.76 bits per heavy atom. The molecule has 0 aliphatic carbocycles. The number of amides is 2. The first-order valence-corrected chi connectivity index (χ1v) is 8.56. The second-order valence-corrected chi connectivity index (χ2v) is 6.84. The zero-order valence-corrected chi connectivity index (χ0v) is 15.0. The third kappa shape index (κ3) is 3.16. The van der Waals surface area contributed by atoms with Crippen LogP contribution in [0.2, 0.25) is 0 Å². The van der Waals surface area contributed by atoms with Gasteiger partial charge in [-0.1, -0.05) is 26.5 Å². The summed E-state index contributed by atoms with van der Waals surface area (Å²) in [7, 11) is 1.87. The highest BCUT2D eigenvalue weighted by Crippen LogP contribution is 2.21. The molecule has 1 aromatic carbocycles. The van der Waals surface area contributed by atoms with Crippen LogP contribution in [0.5, 0.6) is 0 Å². The Bertz CT molecular complexity index is 824. The smallest absolute Gasteiger partial charge is 0.254 e. The van der Waals surface area contributed by atoms with Crippen molar-refractivity contribution in [3.63, 3.8) is 0 Å². The minimum atomic E-state index is -0.0675. The quantitative estimate of drug-likeness (QED) is 0.804. The highest BCUT2D eigenvalue weighted by Gasteiger charge is 2.33. The Kier molecular flexibility index (Phi) is 4.61. The zero-order valence-electron chi connectivity index (χ0n) is 15.0. The number of hydrogen-bond acceptors (Lipinski definition) is 3. The Hall–Kier alpha value is -2.63. The first-order chi connectivity index (χ1) is 11.9. The number of aromatic nitrogens is 2. The van der Waals surface area contributed by atoms with Crippen molar-refractivity contribution in [1.82, 2.24) is 19.6 Å². The van der Waals surface area contributed by atoms with Crippen LogP contribution in [0.4, 0.5) is 0 Å². The van der Waals surface area contributed by atoms with Crippen molar-refractivity contribution in [3.05, 3.63) is 42.6 Å². The van der Waals surface area contributed by atoms with Crippen LogP contribution in [0.1, 0.15) is 24.2 Å². The molecule has 3 rings (SSSR count). The van der Waals surface area contributed by atoms with Crippen LogP contribution in [-0.2, 0) is 11.8 Å². The van der Waals surface area contributed by atoms with Gasteiger partial charge in [0.1, 0.15) is 0 Å². The molecule has 6 nitrogen and oxygen atoms in total. The van der Waals surface area contributed by atoms with Crippen molar-refractivity contribution in [2.75, 3.05) is 19.6 Å². The minimum Gasteiger partial charge on any atom is -0.335 e. The van der Waals surface area contributed by atoms with Crippen LogP contribution < -0.4 is 0 Å². The molecule has 2 aromatic rings. The third-order valence-corrected chi connectivity index (χ3v) is 4.93. The summed E-state index contributed by atoms with van der Waals surface area (Å²) in [5.74, 6) is 0.195. The largest absolute Gasteiger partial charge is 0.335 e. The lowest BCUT2D eigenvalue weighted by molar-refractivity contribution is -0.131. The van der Waals surface area contributed by atoms with Crippen molar-refractivity contribution in [2.45, 2.75) is 19.9 Å². The molecule has 25 heavy (non-hydrogen) atoms. The molecule has 1 saturated heterocycles. The van der Waals surface area contributed by atoms with E-state index >= 15 is 0 Å². The molecular weight excluding hydrogens is 316 g/mol. The van der Waals surface area contributed by atoms with Crippen molar-refractivity contribution in [2.24, 2.45) is 13.0 Å². The fourth-order valence-electron chi connectivity index (χ4n) is 3.42. The molecule has 0 radical (unpaired) electrons. The van der Waals surface area contributed by atoms with Crippen LogP contribution in [0.15, 0.2) is 37.1 Å². The first kappa shape index (κ1) is 17.2. The summed E-state index contributed by atoms with van der Waals surface area (Å²) in [5.41, 5.74) is 1.59. The van der Waals surface area contributed by atoms with Gasteiger partial charge in [0, 0.05) is 37.6 Å².